The highest BCUT2D eigenvalue weighted by Crippen LogP contribution is 2.30. The first-order chi connectivity index (χ1) is 8.69. The van der Waals surface area contributed by atoms with Crippen LogP contribution in [-0.4, -0.2) is 38.4 Å². The third-order valence-electron chi connectivity index (χ3n) is 2.11. The van der Waals surface area contributed by atoms with Crippen LogP contribution in [0, 0.1) is 10.1 Å². The lowest BCUT2D eigenvalue weighted by Crippen LogP contribution is -2.13. The van der Waals surface area contributed by atoms with E-state index in [1.807, 2.05) is 0 Å². The van der Waals surface area contributed by atoms with Gasteiger partial charge >= 0.3 is 5.69 Å². The molecule has 0 atom stereocenters. The van der Waals surface area contributed by atoms with E-state index in [2.05, 4.69) is 0 Å². The van der Waals surface area contributed by atoms with Crippen molar-refractivity contribution in [3.05, 3.63) is 28.3 Å². The van der Waals surface area contributed by atoms with E-state index in [4.69, 9.17) is 19.9 Å². The molecule has 0 bridgehead atoms. The van der Waals surface area contributed by atoms with E-state index in [0.717, 1.165) is 0 Å². The quantitative estimate of drug-likeness (QED) is 0.422. The van der Waals surface area contributed by atoms with Gasteiger partial charge in [0.05, 0.1) is 31.3 Å². The predicted molar refractivity (Wildman–Crippen MR) is 65.0 cm³/mol. The molecule has 7 nitrogen and oxygen atoms in total. The SMILES string of the molecule is COc1ccc(OCCOCCN)cc1[N+](=O)[O-]. The minimum absolute atomic E-state index is 0.127. The lowest BCUT2D eigenvalue weighted by Gasteiger charge is -2.07. The molecule has 0 aliphatic rings. The van der Waals surface area contributed by atoms with Gasteiger partial charge in [-0.25, -0.2) is 0 Å². The standard InChI is InChI=1S/C11H16N2O5/c1-16-11-3-2-9(8-10(11)13(14)15)18-7-6-17-5-4-12/h2-3,8H,4-7,12H2,1H3. The van der Waals surface area contributed by atoms with Crippen molar-refractivity contribution < 1.29 is 19.1 Å². The summed E-state index contributed by atoms with van der Waals surface area (Å²) in [5.41, 5.74) is 5.13. The van der Waals surface area contributed by atoms with Crippen LogP contribution < -0.4 is 15.2 Å². The van der Waals surface area contributed by atoms with Gasteiger partial charge in [0.2, 0.25) is 0 Å². The molecular weight excluding hydrogens is 240 g/mol. The van der Waals surface area contributed by atoms with Gasteiger partial charge < -0.3 is 19.9 Å². The zero-order chi connectivity index (χ0) is 13.4. The molecule has 0 aromatic heterocycles. The second-order valence-electron chi connectivity index (χ2n) is 3.34. The number of rotatable bonds is 8. The van der Waals surface area contributed by atoms with Crippen LogP contribution in [-0.2, 0) is 4.74 Å². The second kappa shape index (κ2) is 7.46. The lowest BCUT2D eigenvalue weighted by atomic mass is 10.3. The number of methoxy groups -OCH3 is 1. The smallest absolute Gasteiger partial charge is 0.314 e. The van der Waals surface area contributed by atoms with Crippen LogP contribution in [0.1, 0.15) is 0 Å². The number of hydrogen-bond acceptors (Lipinski definition) is 6. The molecule has 1 rings (SSSR count). The number of nitrogens with zero attached hydrogens (tertiary/aromatic N) is 1. The first kappa shape index (κ1) is 14.2. The monoisotopic (exact) mass is 256 g/mol. The van der Waals surface area contributed by atoms with Crippen LogP contribution in [0.5, 0.6) is 11.5 Å². The van der Waals surface area contributed by atoms with Gasteiger partial charge in [-0.05, 0) is 12.1 Å². The lowest BCUT2D eigenvalue weighted by molar-refractivity contribution is -0.385. The van der Waals surface area contributed by atoms with Crippen molar-refractivity contribution in [3.8, 4) is 11.5 Å². The Hall–Kier alpha value is -1.86. The summed E-state index contributed by atoms with van der Waals surface area (Å²) in [5, 5.41) is 10.8. The van der Waals surface area contributed by atoms with Crippen molar-refractivity contribution in [3.63, 3.8) is 0 Å². The topological polar surface area (TPSA) is 96.8 Å². The van der Waals surface area contributed by atoms with Gasteiger partial charge in [0.1, 0.15) is 12.4 Å². The highest BCUT2D eigenvalue weighted by Gasteiger charge is 2.15. The number of ether oxygens (including phenoxy) is 3. The van der Waals surface area contributed by atoms with Crippen molar-refractivity contribution in [1.82, 2.24) is 0 Å². The first-order valence-corrected chi connectivity index (χ1v) is 5.42. The summed E-state index contributed by atoms with van der Waals surface area (Å²) in [6, 6.07) is 4.42. The maximum Gasteiger partial charge on any atom is 0.314 e. The minimum Gasteiger partial charge on any atom is -0.491 e. The summed E-state index contributed by atoms with van der Waals surface area (Å²) in [6.45, 7) is 1.61. The fourth-order valence-electron chi connectivity index (χ4n) is 1.31. The van der Waals surface area contributed by atoms with Crippen LogP contribution in [0.25, 0.3) is 0 Å². The van der Waals surface area contributed by atoms with Crippen molar-refractivity contribution in [2.45, 2.75) is 0 Å². The van der Waals surface area contributed by atoms with Crippen LogP contribution in [0.4, 0.5) is 5.69 Å². The zero-order valence-corrected chi connectivity index (χ0v) is 10.1. The molecule has 0 unspecified atom stereocenters. The predicted octanol–water partition coefficient (Wildman–Crippen LogP) is 0.958. The van der Waals surface area contributed by atoms with E-state index in [1.165, 1.54) is 19.2 Å². The Labute approximate surface area is 105 Å². The minimum atomic E-state index is -0.517. The van der Waals surface area contributed by atoms with E-state index >= 15 is 0 Å². The molecule has 0 aliphatic carbocycles. The van der Waals surface area contributed by atoms with Crippen molar-refractivity contribution in [2.24, 2.45) is 5.73 Å². The molecule has 100 valence electrons. The largest absolute Gasteiger partial charge is 0.491 e. The summed E-state index contributed by atoms with van der Waals surface area (Å²) < 4.78 is 15.3. The van der Waals surface area contributed by atoms with Crippen molar-refractivity contribution >= 4 is 5.69 Å². The number of nitro groups is 1. The molecule has 2 N–H and O–H groups in total. The van der Waals surface area contributed by atoms with Gasteiger partial charge in [-0.3, -0.25) is 10.1 Å². The molecule has 18 heavy (non-hydrogen) atoms. The number of hydrogen-bond donors (Lipinski definition) is 1. The molecule has 7 heteroatoms. The summed E-state index contributed by atoms with van der Waals surface area (Å²) in [6.07, 6.45) is 0. The van der Waals surface area contributed by atoms with E-state index in [-0.39, 0.29) is 11.4 Å². The van der Waals surface area contributed by atoms with Gasteiger partial charge in [-0.15, -0.1) is 0 Å². The third kappa shape index (κ3) is 4.19. The molecular formula is C11H16N2O5. The van der Waals surface area contributed by atoms with Gasteiger partial charge in [0, 0.05) is 6.54 Å². The van der Waals surface area contributed by atoms with Gasteiger partial charge in [-0.1, -0.05) is 0 Å². The fourth-order valence-corrected chi connectivity index (χ4v) is 1.31. The van der Waals surface area contributed by atoms with Gasteiger partial charge in [-0.2, -0.15) is 0 Å². The van der Waals surface area contributed by atoms with Gasteiger partial charge in [0.25, 0.3) is 0 Å². The molecule has 0 spiro atoms. The Morgan fingerprint density at radius 2 is 2.11 bits per heavy atom. The average Bonchev–Trinajstić information content (AvgIpc) is 2.38. The molecule has 0 fully saturated rings. The van der Waals surface area contributed by atoms with Gasteiger partial charge in [0.15, 0.2) is 5.75 Å². The normalized spacial score (nSPS) is 10.1. The Balaban J connectivity index is 2.56. The Bertz CT molecular complexity index is 397. The molecule has 0 aliphatic heterocycles. The number of benzene rings is 1. The highest BCUT2D eigenvalue weighted by molar-refractivity contribution is 5.50. The summed E-state index contributed by atoms with van der Waals surface area (Å²) in [7, 11) is 1.38. The number of nitrogens with two attached hydrogens (primary N) is 1. The first-order valence-electron chi connectivity index (χ1n) is 5.42. The molecule has 0 saturated carbocycles. The molecule has 1 aromatic carbocycles. The molecule has 0 radical (unpaired) electrons. The molecule has 0 saturated heterocycles. The van der Waals surface area contributed by atoms with Crippen LogP contribution >= 0.6 is 0 Å². The fraction of sp³-hybridized carbons (Fsp3) is 0.455. The van der Waals surface area contributed by atoms with E-state index in [9.17, 15) is 10.1 Å². The Morgan fingerprint density at radius 1 is 1.33 bits per heavy atom. The average molecular weight is 256 g/mol. The molecule has 1 aromatic rings. The van der Waals surface area contributed by atoms with Crippen LogP contribution in [0.2, 0.25) is 0 Å². The maximum absolute atomic E-state index is 10.8. The van der Waals surface area contributed by atoms with Crippen molar-refractivity contribution in [1.29, 1.82) is 0 Å². The van der Waals surface area contributed by atoms with E-state index in [1.54, 1.807) is 6.07 Å². The summed E-state index contributed by atoms with van der Waals surface area (Å²) >= 11 is 0. The van der Waals surface area contributed by atoms with E-state index < -0.39 is 4.92 Å². The second-order valence-corrected chi connectivity index (χ2v) is 3.34. The zero-order valence-electron chi connectivity index (χ0n) is 10.1. The number of nitro benzene ring substituents is 1. The molecule has 0 heterocycles. The Kier molecular flexibility index (Phi) is 5.89. The summed E-state index contributed by atoms with van der Waals surface area (Å²) in [5.74, 6) is 0.602. The van der Waals surface area contributed by atoms with E-state index in [0.29, 0.717) is 32.1 Å². The highest BCUT2D eigenvalue weighted by atomic mass is 16.6. The molecule has 0 amide bonds. The van der Waals surface area contributed by atoms with Crippen LogP contribution in [0.15, 0.2) is 18.2 Å². The Morgan fingerprint density at radius 3 is 2.72 bits per heavy atom. The van der Waals surface area contributed by atoms with Crippen LogP contribution in [0.3, 0.4) is 0 Å². The summed E-state index contributed by atoms with van der Waals surface area (Å²) in [4.78, 5) is 10.3. The van der Waals surface area contributed by atoms with Crippen molar-refractivity contribution in [2.75, 3.05) is 33.5 Å². The third-order valence-corrected chi connectivity index (χ3v) is 2.11. The maximum atomic E-state index is 10.8.